The van der Waals surface area contributed by atoms with Crippen LogP contribution in [0.1, 0.15) is 42.3 Å². The number of amides is 1. The van der Waals surface area contributed by atoms with Gasteiger partial charge in [0.2, 0.25) is 5.82 Å². The Morgan fingerprint density at radius 1 is 0.791 bits per heavy atom. The molecule has 0 bridgehead atoms. The van der Waals surface area contributed by atoms with Gasteiger partial charge in [0.1, 0.15) is 12.1 Å². The minimum Gasteiger partial charge on any atom is -0.459 e. The number of aromatic nitrogens is 2. The molecular formula is C35H34N4O4. The predicted molar refractivity (Wildman–Crippen MR) is 167 cm³/mol. The number of nitrogens with two attached hydrogens (primary N) is 1. The maximum atomic E-state index is 13.3. The molecule has 0 spiro atoms. The second-order valence-electron chi connectivity index (χ2n) is 11.4. The number of carbonyl (C=O) groups is 2. The first-order valence-electron chi connectivity index (χ1n) is 14.0. The number of esters is 1. The highest BCUT2D eigenvalue weighted by atomic mass is 16.6. The van der Waals surface area contributed by atoms with Crippen LogP contribution in [0.2, 0.25) is 0 Å². The normalized spacial score (nSPS) is 11.3. The summed E-state index contributed by atoms with van der Waals surface area (Å²) in [6, 6.07) is 30.5. The third-order valence-corrected chi connectivity index (χ3v) is 6.71. The number of nitrogen functional groups attached to an aromatic ring is 1. The van der Waals surface area contributed by atoms with Crippen molar-refractivity contribution in [1.82, 2.24) is 15.0 Å². The Kier molecular flexibility index (Phi) is 8.39. The predicted octanol–water partition coefficient (Wildman–Crippen LogP) is 6.95. The van der Waals surface area contributed by atoms with Crippen molar-refractivity contribution >= 4 is 17.6 Å². The number of hydrogen-bond acceptors (Lipinski definition) is 7. The maximum Gasteiger partial charge on any atom is 0.326 e. The molecule has 5 rings (SSSR count). The third-order valence-electron chi connectivity index (χ3n) is 6.71. The van der Waals surface area contributed by atoms with Crippen molar-refractivity contribution in [2.75, 3.05) is 12.3 Å². The Morgan fingerprint density at radius 2 is 1.35 bits per heavy atom. The summed E-state index contributed by atoms with van der Waals surface area (Å²) in [4.78, 5) is 32.0. The summed E-state index contributed by atoms with van der Waals surface area (Å²) in [5.41, 5.74) is 12.0. The number of anilines is 1. The molecule has 1 heterocycles. The summed E-state index contributed by atoms with van der Waals surface area (Å²) in [6.07, 6.45) is 0. The summed E-state index contributed by atoms with van der Waals surface area (Å²) in [6.45, 7) is 7.45. The first kappa shape index (κ1) is 29.3. The molecule has 8 heteroatoms. The highest BCUT2D eigenvalue weighted by Crippen LogP contribution is 2.26. The van der Waals surface area contributed by atoms with E-state index in [0.717, 1.165) is 27.8 Å². The molecule has 0 aliphatic rings. The number of rotatable bonds is 8. The first-order chi connectivity index (χ1) is 20.5. The molecule has 1 aromatic heterocycles. The van der Waals surface area contributed by atoms with Gasteiger partial charge >= 0.3 is 5.97 Å². The van der Waals surface area contributed by atoms with Crippen LogP contribution < -0.4 is 5.73 Å². The minimum absolute atomic E-state index is 0.195. The molecule has 0 aliphatic heterocycles. The van der Waals surface area contributed by atoms with Gasteiger partial charge < -0.3 is 19.9 Å². The van der Waals surface area contributed by atoms with E-state index in [1.54, 1.807) is 45.0 Å². The molecule has 4 aromatic carbocycles. The van der Waals surface area contributed by atoms with Crippen LogP contribution in [0.15, 0.2) is 102 Å². The van der Waals surface area contributed by atoms with Gasteiger partial charge in [0.25, 0.3) is 11.8 Å². The lowest BCUT2D eigenvalue weighted by Crippen LogP contribution is -2.38. The minimum atomic E-state index is -0.665. The topological polar surface area (TPSA) is 112 Å². The molecule has 0 atom stereocenters. The van der Waals surface area contributed by atoms with Crippen LogP contribution >= 0.6 is 0 Å². The van der Waals surface area contributed by atoms with Gasteiger partial charge in [-0.1, -0.05) is 71.4 Å². The van der Waals surface area contributed by atoms with Gasteiger partial charge in [-0.15, -0.1) is 0 Å². The number of hydrogen-bond donors (Lipinski definition) is 1. The summed E-state index contributed by atoms with van der Waals surface area (Å²) in [7, 11) is 0. The van der Waals surface area contributed by atoms with E-state index in [9.17, 15) is 9.59 Å². The van der Waals surface area contributed by atoms with Gasteiger partial charge in [-0.2, -0.15) is 4.98 Å². The van der Waals surface area contributed by atoms with Crippen molar-refractivity contribution in [1.29, 1.82) is 0 Å². The van der Waals surface area contributed by atoms with E-state index in [1.165, 1.54) is 10.5 Å². The van der Waals surface area contributed by atoms with Crippen LogP contribution in [0.4, 0.5) is 5.69 Å². The third kappa shape index (κ3) is 7.54. The van der Waals surface area contributed by atoms with Crippen LogP contribution in [-0.2, 0) is 16.1 Å². The van der Waals surface area contributed by atoms with E-state index in [4.69, 9.17) is 15.0 Å². The fraction of sp³-hybridized carbons (Fsp3) is 0.200. The van der Waals surface area contributed by atoms with Gasteiger partial charge in [0, 0.05) is 28.9 Å². The zero-order chi connectivity index (χ0) is 30.6. The lowest BCUT2D eigenvalue weighted by atomic mass is 10.0. The number of benzene rings is 4. The monoisotopic (exact) mass is 574 g/mol. The van der Waals surface area contributed by atoms with Crippen molar-refractivity contribution < 1.29 is 18.8 Å². The van der Waals surface area contributed by atoms with Crippen molar-refractivity contribution in [2.24, 2.45) is 0 Å². The SMILES string of the molecule is Cc1ccc(-c2ccc(-c3nc(-c4ccc(CN(CC(=O)OC(C)(C)C)C(=O)c5ccc(N)cc5)cc4)no3)cc2)cc1. The summed E-state index contributed by atoms with van der Waals surface area (Å²) < 4.78 is 11.0. The second kappa shape index (κ2) is 12.3. The average Bonchev–Trinajstić information content (AvgIpc) is 3.47. The van der Waals surface area contributed by atoms with Gasteiger partial charge in [-0.05, 0) is 80.8 Å². The van der Waals surface area contributed by atoms with E-state index in [0.29, 0.717) is 23.0 Å². The highest BCUT2D eigenvalue weighted by Gasteiger charge is 2.23. The van der Waals surface area contributed by atoms with Gasteiger partial charge in [-0.3, -0.25) is 9.59 Å². The Labute approximate surface area is 251 Å². The molecule has 218 valence electrons. The molecule has 43 heavy (non-hydrogen) atoms. The zero-order valence-corrected chi connectivity index (χ0v) is 24.7. The lowest BCUT2D eigenvalue weighted by molar-refractivity contribution is -0.155. The highest BCUT2D eigenvalue weighted by molar-refractivity contribution is 5.96. The molecular weight excluding hydrogens is 540 g/mol. The molecule has 0 aliphatic carbocycles. The number of carbonyl (C=O) groups excluding carboxylic acids is 2. The fourth-order valence-corrected chi connectivity index (χ4v) is 4.53. The second-order valence-corrected chi connectivity index (χ2v) is 11.4. The van der Waals surface area contributed by atoms with Crippen LogP contribution in [0.3, 0.4) is 0 Å². The van der Waals surface area contributed by atoms with Gasteiger partial charge in [0.15, 0.2) is 0 Å². The average molecular weight is 575 g/mol. The van der Waals surface area contributed by atoms with E-state index in [1.807, 2.05) is 48.5 Å². The van der Waals surface area contributed by atoms with Crippen LogP contribution in [0.5, 0.6) is 0 Å². The van der Waals surface area contributed by atoms with Crippen molar-refractivity contribution in [3.8, 4) is 34.0 Å². The number of aryl methyl sites for hydroxylation is 1. The largest absolute Gasteiger partial charge is 0.459 e. The number of nitrogens with zero attached hydrogens (tertiary/aromatic N) is 3. The smallest absolute Gasteiger partial charge is 0.326 e. The van der Waals surface area contributed by atoms with Crippen LogP contribution in [-0.4, -0.2) is 39.1 Å². The zero-order valence-electron chi connectivity index (χ0n) is 24.7. The fourth-order valence-electron chi connectivity index (χ4n) is 4.53. The van der Waals surface area contributed by atoms with E-state index >= 15 is 0 Å². The molecule has 0 fully saturated rings. The van der Waals surface area contributed by atoms with Crippen LogP contribution in [0, 0.1) is 6.92 Å². The van der Waals surface area contributed by atoms with E-state index in [-0.39, 0.29) is 19.0 Å². The van der Waals surface area contributed by atoms with E-state index in [2.05, 4.69) is 41.3 Å². The first-order valence-corrected chi connectivity index (χ1v) is 14.0. The quantitative estimate of drug-likeness (QED) is 0.158. The maximum absolute atomic E-state index is 13.3. The van der Waals surface area contributed by atoms with E-state index < -0.39 is 11.6 Å². The molecule has 0 saturated heterocycles. The molecule has 0 unspecified atom stereocenters. The molecule has 0 radical (unpaired) electrons. The standard InChI is InChI=1S/C35H34N4O4/c1-23-5-9-25(10-6-23)26-13-15-28(16-14-26)33-37-32(38-43-33)27-11-7-24(8-12-27)21-39(22-31(40)42-35(2,3)4)34(41)29-17-19-30(36)20-18-29/h5-20H,21-22,36H2,1-4H3. The Balaban J connectivity index is 1.30. The summed E-state index contributed by atoms with van der Waals surface area (Å²) in [5.74, 6) is 0.0881. The van der Waals surface area contributed by atoms with Gasteiger partial charge in [0.05, 0.1) is 0 Å². The number of ether oxygens (including phenoxy) is 1. The van der Waals surface area contributed by atoms with Gasteiger partial charge in [-0.25, -0.2) is 0 Å². The van der Waals surface area contributed by atoms with Crippen molar-refractivity contribution in [2.45, 2.75) is 39.8 Å². The van der Waals surface area contributed by atoms with Crippen molar-refractivity contribution in [3.63, 3.8) is 0 Å². The van der Waals surface area contributed by atoms with Crippen LogP contribution in [0.25, 0.3) is 34.0 Å². The molecule has 1 amide bonds. The summed E-state index contributed by atoms with van der Waals surface area (Å²) in [5, 5.41) is 4.17. The lowest BCUT2D eigenvalue weighted by Gasteiger charge is -2.25. The van der Waals surface area contributed by atoms with Crippen molar-refractivity contribution in [3.05, 3.63) is 114 Å². The molecule has 5 aromatic rings. The Morgan fingerprint density at radius 3 is 1.95 bits per heavy atom. The Hall–Kier alpha value is -5.24. The molecule has 0 saturated carbocycles. The molecule has 8 nitrogen and oxygen atoms in total. The molecule has 2 N–H and O–H groups in total. The Bertz CT molecular complexity index is 1700. The summed E-state index contributed by atoms with van der Waals surface area (Å²) >= 11 is 0.